The summed E-state index contributed by atoms with van der Waals surface area (Å²) in [6, 6.07) is 4.69. The van der Waals surface area contributed by atoms with Crippen molar-refractivity contribution in [3.63, 3.8) is 0 Å². The van der Waals surface area contributed by atoms with Crippen molar-refractivity contribution in [1.29, 1.82) is 0 Å². The first-order valence-corrected chi connectivity index (χ1v) is 10.6. The minimum absolute atomic E-state index is 0.0163. The lowest BCUT2D eigenvalue weighted by Crippen LogP contribution is -2.30. The Morgan fingerprint density at radius 3 is 2.32 bits per heavy atom. The molecule has 0 spiro atoms. The average molecular weight is 402 g/mol. The molecule has 0 radical (unpaired) electrons. The number of rotatable bonds is 7. The monoisotopic (exact) mass is 401 g/mol. The molecule has 2 amide bonds. The molecular weight excluding hydrogens is 382 g/mol. The van der Waals surface area contributed by atoms with Crippen molar-refractivity contribution in [3.8, 4) is 0 Å². The first-order valence-electron chi connectivity index (χ1n) is 7.52. The largest absolute Gasteiger partial charge is 0.366 e. The summed E-state index contributed by atoms with van der Waals surface area (Å²) in [5.74, 6) is -1.20. The summed E-state index contributed by atoms with van der Waals surface area (Å²) in [5.41, 5.74) is 5.33. The number of hydrogen-bond donors (Lipinski definition) is 2. The van der Waals surface area contributed by atoms with Gasteiger partial charge in [-0.2, -0.15) is 4.31 Å². The van der Waals surface area contributed by atoms with E-state index >= 15 is 0 Å². The van der Waals surface area contributed by atoms with Crippen LogP contribution in [0.3, 0.4) is 0 Å². The first-order chi connectivity index (χ1) is 11.7. The van der Waals surface area contributed by atoms with Crippen LogP contribution in [0.15, 0.2) is 22.4 Å². The van der Waals surface area contributed by atoms with Crippen LogP contribution in [0.2, 0.25) is 0 Å². The summed E-state index contributed by atoms with van der Waals surface area (Å²) in [5, 5.41) is 2.73. The third-order valence-corrected chi connectivity index (χ3v) is 8.01. The highest BCUT2D eigenvalue weighted by atomic mass is 32.2. The summed E-state index contributed by atoms with van der Waals surface area (Å²) in [6.45, 7) is 5.94. The van der Waals surface area contributed by atoms with E-state index in [0.29, 0.717) is 18.0 Å². The fraction of sp³-hybridized carbons (Fsp3) is 0.333. The fourth-order valence-electron chi connectivity index (χ4n) is 2.18. The van der Waals surface area contributed by atoms with Crippen molar-refractivity contribution >= 4 is 49.5 Å². The van der Waals surface area contributed by atoms with E-state index in [9.17, 15) is 18.0 Å². The van der Waals surface area contributed by atoms with Crippen molar-refractivity contribution in [1.82, 2.24) is 4.31 Å². The number of hydrogen-bond acceptors (Lipinski definition) is 6. The van der Waals surface area contributed by atoms with Crippen molar-refractivity contribution < 1.29 is 18.0 Å². The number of amides is 2. The van der Waals surface area contributed by atoms with E-state index in [1.54, 1.807) is 26.0 Å². The summed E-state index contributed by atoms with van der Waals surface area (Å²) < 4.78 is 26.5. The predicted octanol–water partition coefficient (Wildman–Crippen LogP) is 2.50. The zero-order valence-electron chi connectivity index (χ0n) is 14.0. The number of carbonyl (C=O) groups excluding carboxylic acids is 2. The molecule has 3 N–H and O–H groups in total. The number of nitrogens with one attached hydrogen (secondary N) is 1. The lowest BCUT2D eigenvalue weighted by Gasteiger charge is -2.16. The van der Waals surface area contributed by atoms with Crippen LogP contribution >= 0.6 is 22.7 Å². The highest BCUT2D eigenvalue weighted by Crippen LogP contribution is 2.33. The Hall–Kier alpha value is -1.75. The lowest BCUT2D eigenvalue weighted by molar-refractivity contribution is 0.100. The molecule has 0 aromatic carbocycles. The quantitative estimate of drug-likeness (QED) is 0.743. The Kier molecular flexibility index (Phi) is 5.99. The molecule has 10 heteroatoms. The standard InChI is InChI=1S/C15H19N3O4S3/c1-4-18(5-2)25(21,22)12-8-10(13(16)19)15(24-12)17-14(20)11-7-6-9(3)23-11/h6-8H,4-5H2,1-3H3,(H2,16,19)(H,17,20). The number of carbonyl (C=O) groups is 2. The van der Waals surface area contributed by atoms with E-state index in [1.165, 1.54) is 21.7 Å². The molecule has 0 saturated carbocycles. The van der Waals surface area contributed by atoms with Gasteiger partial charge in [-0.15, -0.1) is 22.7 Å². The van der Waals surface area contributed by atoms with E-state index in [0.717, 1.165) is 16.2 Å². The third-order valence-electron chi connectivity index (χ3n) is 3.47. The predicted molar refractivity (Wildman–Crippen MR) is 100.0 cm³/mol. The van der Waals surface area contributed by atoms with Crippen LogP contribution in [0.5, 0.6) is 0 Å². The molecule has 0 fully saturated rings. The Bertz CT molecular complexity index is 895. The zero-order chi connectivity index (χ0) is 18.8. The molecule has 0 atom stereocenters. The second-order valence-electron chi connectivity index (χ2n) is 5.13. The van der Waals surface area contributed by atoms with Gasteiger partial charge in [0.15, 0.2) is 0 Å². The van der Waals surface area contributed by atoms with Gasteiger partial charge in [-0.05, 0) is 25.1 Å². The van der Waals surface area contributed by atoms with E-state index in [2.05, 4.69) is 5.32 Å². The Labute approximate surface area is 154 Å². The smallest absolute Gasteiger partial charge is 0.266 e. The minimum Gasteiger partial charge on any atom is -0.366 e. The van der Waals surface area contributed by atoms with Crippen LogP contribution in [-0.2, 0) is 10.0 Å². The van der Waals surface area contributed by atoms with Crippen LogP contribution < -0.4 is 11.1 Å². The van der Waals surface area contributed by atoms with Crippen LogP contribution in [0, 0.1) is 6.92 Å². The van der Waals surface area contributed by atoms with Crippen LogP contribution in [0.4, 0.5) is 5.00 Å². The van der Waals surface area contributed by atoms with Gasteiger partial charge in [0.05, 0.1) is 10.4 Å². The summed E-state index contributed by atoms with van der Waals surface area (Å²) in [4.78, 5) is 25.4. The van der Waals surface area contributed by atoms with E-state index < -0.39 is 21.8 Å². The van der Waals surface area contributed by atoms with Crippen molar-refractivity contribution in [2.24, 2.45) is 5.73 Å². The number of aryl methyl sites for hydroxylation is 1. The van der Waals surface area contributed by atoms with Gasteiger partial charge in [-0.3, -0.25) is 9.59 Å². The highest BCUT2D eigenvalue weighted by Gasteiger charge is 2.27. The summed E-state index contributed by atoms with van der Waals surface area (Å²) in [6.07, 6.45) is 0. The van der Waals surface area contributed by atoms with Crippen LogP contribution in [0.1, 0.15) is 38.8 Å². The van der Waals surface area contributed by atoms with E-state index in [4.69, 9.17) is 5.73 Å². The molecule has 136 valence electrons. The average Bonchev–Trinajstić information content (AvgIpc) is 3.15. The van der Waals surface area contributed by atoms with Crippen molar-refractivity contribution in [2.45, 2.75) is 25.0 Å². The van der Waals surface area contributed by atoms with Gasteiger partial charge in [0.2, 0.25) is 0 Å². The molecule has 25 heavy (non-hydrogen) atoms. The van der Waals surface area contributed by atoms with Crippen LogP contribution in [-0.4, -0.2) is 37.6 Å². The van der Waals surface area contributed by atoms with Gasteiger partial charge in [0, 0.05) is 18.0 Å². The molecule has 2 aromatic rings. The number of primary amides is 1. The second-order valence-corrected chi connectivity index (χ2v) is 9.63. The molecule has 2 rings (SSSR count). The molecular formula is C15H19N3O4S3. The number of anilines is 1. The van der Waals surface area contributed by atoms with Crippen molar-refractivity contribution in [3.05, 3.63) is 33.5 Å². The zero-order valence-corrected chi connectivity index (χ0v) is 16.5. The van der Waals surface area contributed by atoms with Gasteiger partial charge in [0.1, 0.15) is 9.21 Å². The number of nitrogens with zero attached hydrogens (tertiary/aromatic N) is 1. The van der Waals surface area contributed by atoms with Gasteiger partial charge in [-0.1, -0.05) is 13.8 Å². The van der Waals surface area contributed by atoms with Gasteiger partial charge < -0.3 is 11.1 Å². The normalized spacial score (nSPS) is 11.7. The number of sulfonamides is 1. The number of nitrogens with two attached hydrogens (primary N) is 1. The fourth-order valence-corrected chi connectivity index (χ4v) is 5.93. The Morgan fingerprint density at radius 1 is 1.20 bits per heavy atom. The molecule has 0 aliphatic heterocycles. The second kappa shape index (κ2) is 7.65. The minimum atomic E-state index is -3.74. The maximum absolute atomic E-state index is 12.6. The van der Waals surface area contributed by atoms with Gasteiger partial charge in [-0.25, -0.2) is 8.42 Å². The van der Waals surface area contributed by atoms with Gasteiger partial charge in [0.25, 0.3) is 21.8 Å². The van der Waals surface area contributed by atoms with Crippen LogP contribution in [0.25, 0.3) is 0 Å². The molecule has 0 saturated heterocycles. The Balaban J connectivity index is 2.40. The SMILES string of the molecule is CCN(CC)S(=O)(=O)c1cc(C(N)=O)c(NC(=O)c2ccc(C)s2)s1. The molecule has 2 aromatic heterocycles. The summed E-state index contributed by atoms with van der Waals surface area (Å²) >= 11 is 2.13. The molecule has 0 aliphatic rings. The maximum Gasteiger partial charge on any atom is 0.266 e. The molecule has 7 nitrogen and oxygen atoms in total. The Morgan fingerprint density at radius 2 is 1.84 bits per heavy atom. The van der Waals surface area contributed by atoms with Gasteiger partial charge >= 0.3 is 0 Å². The number of thiophene rings is 2. The van der Waals surface area contributed by atoms with Crippen molar-refractivity contribution in [2.75, 3.05) is 18.4 Å². The summed E-state index contributed by atoms with van der Waals surface area (Å²) in [7, 11) is -3.74. The highest BCUT2D eigenvalue weighted by molar-refractivity contribution is 7.91. The first kappa shape index (κ1) is 19.6. The van der Waals surface area contributed by atoms with E-state index in [-0.39, 0.29) is 14.8 Å². The molecule has 0 bridgehead atoms. The van der Waals surface area contributed by atoms with E-state index in [1.807, 2.05) is 6.92 Å². The maximum atomic E-state index is 12.6. The lowest BCUT2D eigenvalue weighted by atomic mass is 10.3. The topological polar surface area (TPSA) is 110 Å². The molecule has 0 unspecified atom stereocenters. The third kappa shape index (κ3) is 4.09. The molecule has 2 heterocycles. The molecule has 0 aliphatic carbocycles.